The minimum absolute atomic E-state index is 0. The lowest BCUT2D eigenvalue weighted by atomic mass is 10.1. The van der Waals surface area contributed by atoms with Crippen LogP contribution >= 0.6 is 0 Å². The minimum Gasteiger partial charge on any atom is -0.744 e. The van der Waals surface area contributed by atoms with E-state index in [1.165, 1.54) is 24.3 Å². The smallest absolute Gasteiger partial charge is 0.229 e. The predicted octanol–water partition coefficient (Wildman–Crippen LogP) is 0.584. The van der Waals surface area contributed by atoms with Gasteiger partial charge in [-0.15, -0.1) is 0 Å². The van der Waals surface area contributed by atoms with Crippen molar-refractivity contribution in [3.05, 3.63) is 47.5 Å². The number of benzene rings is 2. The lowest BCUT2D eigenvalue weighted by molar-refractivity contribution is -0.433. The van der Waals surface area contributed by atoms with Crippen LogP contribution in [0.4, 0.5) is 11.4 Å². The normalized spacial score (nSPS) is 11.4. The van der Waals surface area contributed by atoms with Gasteiger partial charge in [0.15, 0.2) is 0 Å². The summed E-state index contributed by atoms with van der Waals surface area (Å²) in [5.41, 5.74) is 2.60. The zero-order valence-corrected chi connectivity index (χ0v) is 12.8. The average Bonchev–Trinajstić information content (AvgIpc) is 2.42. The fraction of sp³-hybridized carbons (Fsp3) is 0.143. The van der Waals surface area contributed by atoms with Gasteiger partial charge in [-0.3, -0.25) is 0 Å². The summed E-state index contributed by atoms with van der Waals surface area (Å²) in [6.45, 7) is 3.55. The molecular weight excluding hydrogens is 308 g/mol. The Hall–Kier alpha value is -2.29. The molecule has 0 bridgehead atoms. The van der Waals surface area contributed by atoms with Crippen molar-refractivity contribution in [2.75, 3.05) is 0 Å². The number of phenolic OH excluding ortho intramolecular Hbond substituents is 1. The van der Waals surface area contributed by atoms with E-state index in [4.69, 9.17) is 0 Å². The number of hydrogen-bond acceptors (Lipinski definition) is 5. The van der Waals surface area contributed by atoms with Gasteiger partial charge in [-0.25, -0.2) is 8.42 Å². The topological polar surface area (TPSA) is 135 Å². The maximum Gasteiger partial charge on any atom is 0.229 e. The summed E-state index contributed by atoms with van der Waals surface area (Å²) in [4.78, 5) is -0.288. The maximum absolute atomic E-state index is 10.8. The number of azo groups is 1. The largest absolute Gasteiger partial charge is 0.744 e. The van der Waals surface area contributed by atoms with Gasteiger partial charge in [0.05, 0.1) is 4.90 Å². The zero-order valence-electron chi connectivity index (χ0n) is 12.0. The molecule has 22 heavy (non-hydrogen) atoms. The van der Waals surface area contributed by atoms with Crippen LogP contribution in [0.5, 0.6) is 5.75 Å². The number of hydrogen-bond donors (Lipinski definition) is 2. The molecule has 2 rings (SSSR count). The Kier molecular flexibility index (Phi) is 5.37. The summed E-state index contributed by atoms with van der Waals surface area (Å²) in [5, 5.41) is 16.6. The fourth-order valence-electron chi connectivity index (χ4n) is 1.82. The van der Waals surface area contributed by atoms with Crippen LogP contribution in [0.15, 0.2) is 46.4 Å². The van der Waals surface area contributed by atoms with E-state index >= 15 is 0 Å². The van der Waals surface area contributed by atoms with E-state index in [1.54, 1.807) is 26.0 Å². The van der Waals surface area contributed by atoms with Crippen LogP contribution in [0.25, 0.3) is 0 Å². The molecule has 0 fully saturated rings. The van der Waals surface area contributed by atoms with Crippen LogP contribution < -0.4 is 5.11 Å². The molecule has 0 aromatic heterocycles. The summed E-state index contributed by atoms with van der Waals surface area (Å²) >= 11 is 0. The first-order valence-corrected chi connectivity index (χ1v) is 7.51. The molecule has 2 aromatic rings. The van der Waals surface area contributed by atoms with E-state index in [9.17, 15) is 18.1 Å². The summed E-state index contributed by atoms with van der Waals surface area (Å²) in [6, 6.07) is 8.77. The number of nitrogens with zero attached hydrogens (tertiary/aromatic N) is 1. The molecule has 0 radical (unpaired) electrons. The van der Waals surface area contributed by atoms with Gasteiger partial charge in [-0.1, -0.05) is 5.11 Å². The van der Waals surface area contributed by atoms with Gasteiger partial charge in [-0.05, 0) is 54.4 Å². The van der Waals surface area contributed by atoms with Gasteiger partial charge >= 0.3 is 0 Å². The maximum atomic E-state index is 10.8. The second-order valence-corrected chi connectivity index (χ2v) is 6.01. The monoisotopic (exact) mass is 324 g/mol. The summed E-state index contributed by atoms with van der Waals surface area (Å²) in [6.07, 6.45) is 0. The molecule has 118 valence electrons. The van der Waals surface area contributed by atoms with Crippen molar-refractivity contribution in [2.24, 2.45) is 5.11 Å². The standard InChI is InChI=1S/C14H14N2O4S.H2O/c1-9-7-12(8-10(2)14(9)17)16-15-11-3-5-13(6-4-11)21(18,19)20;/h3-8,17H,1-2H3,(H,18,19,20);1H2. The highest BCUT2D eigenvalue weighted by Gasteiger charge is 2.06. The highest BCUT2D eigenvalue weighted by atomic mass is 32.2. The number of nitrogens with one attached hydrogen (secondary N) is 1. The SMILES string of the molecule is Cc1cc(N=[NH+]c2ccc(S(=O)(=O)[O-])cc2)cc(C)c1O.O. The molecule has 0 unspecified atom stereocenters. The molecule has 0 spiro atoms. The van der Waals surface area contributed by atoms with Gasteiger partial charge in [0.1, 0.15) is 21.6 Å². The molecule has 0 aliphatic carbocycles. The first-order valence-electron chi connectivity index (χ1n) is 6.10. The predicted molar refractivity (Wildman–Crippen MR) is 78.3 cm³/mol. The van der Waals surface area contributed by atoms with E-state index in [-0.39, 0.29) is 16.1 Å². The molecule has 0 saturated heterocycles. The fourth-order valence-corrected chi connectivity index (χ4v) is 2.29. The Labute approximate surface area is 128 Å². The summed E-state index contributed by atoms with van der Waals surface area (Å²) in [5.74, 6) is 0.235. The van der Waals surface area contributed by atoms with Gasteiger partial charge < -0.3 is 15.1 Å². The Bertz CT molecular complexity index is 775. The zero-order chi connectivity index (χ0) is 15.6. The van der Waals surface area contributed by atoms with Crippen LogP contribution in [0, 0.1) is 13.8 Å². The molecule has 0 atom stereocenters. The third-order valence-electron chi connectivity index (χ3n) is 2.93. The Morgan fingerprint density at radius 2 is 1.59 bits per heavy atom. The number of aromatic hydroxyl groups is 1. The number of aryl methyl sites for hydroxylation is 2. The van der Waals surface area contributed by atoms with Gasteiger partial charge in [0.25, 0.3) is 0 Å². The average molecular weight is 324 g/mol. The van der Waals surface area contributed by atoms with E-state index in [1.807, 2.05) is 0 Å². The van der Waals surface area contributed by atoms with Gasteiger partial charge in [-0.2, -0.15) is 0 Å². The molecule has 0 aliphatic heterocycles. The summed E-state index contributed by atoms with van der Waals surface area (Å²) in [7, 11) is -4.44. The highest BCUT2D eigenvalue weighted by Crippen LogP contribution is 2.26. The molecule has 0 heterocycles. The molecule has 0 amide bonds. The third-order valence-corrected chi connectivity index (χ3v) is 3.78. The summed E-state index contributed by atoms with van der Waals surface area (Å²) < 4.78 is 32.4. The Balaban J connectivity index is 0.00000242. The van der Waals surface area contributed by atoms with Crippen molar-refractivity contribution in [1.29, 1.82) is 0 Å². The molecule has 4 N–H and O–H groups in total. The first kappa shape index (κ1) is 17.8. The van der Waals surface area contributed by atoms with Crippen LogP contribution in [-0.2, 0) is 10.1 Å². The Morgan fingerprint density at radius 1 is 1.09 bits per heavy atom. The van der Waals surface area contributed by atoms with Crippen molar-refractivity contribution in [3.63, 3.8) is 0 Å². The van der Waals surface area contributed by atoms with Crippen molar-refractivity contribution in [3.8, 4) is 5.75 Å². The molecule has 8 heteroatoms. The lowest BCUT2D eigenvalue weighted by Gasteiger charge is -2.04. The molecule has 0 aliphatic rings. The lowest BCUT2D eigenvalue weighted by Crippen LogP contribution is -2.57. The molecular formula is C14H16N2O5S. The van der Waals surface area contributed by atoms with E-state index in [2.05, 4.69) is 10.2 Å². The van der Waals surface area contributed by atoms with Gasteiger partial charge in [0.2, 0.25) is 5.69 Å². The van der Waals surface area contributed by atoms with Crippen molar-refractivity contribution < 1.29 is 28.7 Å². The number of phenols is 1. The van der Waals surface area contributed by atoms with E-state index < -0.39 is 10.1 Å². The quantitative estimate of drug-likeness (QED) is 0.630. The van der Waals surface area contributed by atoms with Crippen molar-refractivity contribution in [2.45, 2.75) is 18.7 Å². The first-order chi connectivity index (χ1) is 9.77. The van der Waals surface area contributed by atoms with Crippen LogP contribution in [0.2, 0.25) is 0 Å². The molecule has 7 nitrogen and oxygen atoms in total. The molecule has 0 saturated carbocycles. The van der Waals surface area contributed by atoms with Crippen molar-refractivity contribution in [1.82, 2.24) is 0 Å². The van der Waals surface area contributed by atoms with Crippen molar-refractivity contribution >= 4 is 21.5 Å². The third kappa shape index (κ3) is 4.10. The minimum atomic E-state index is -4.44. The Morgan fingerprint density at radius 3 is 2.05 bits per heavy atom. The molecule has 2 aromatic carbocycles. The number of rotatable bonds is 3. The highest BCUT2D eigenvalue weighted by molar-refractivity contribution is 7.85. The van der Waals surface area contributed by atoms with E-state index in [0.29, 0.717) is 22.5 Å². The second-order valence-electron chi connectivity index (χ2n) is 4.63. The van der Waals surface area contributed by atoms with Gasteiger partial charge in [0, 0.05) is 12.1 Å². The van der Waals surface area contributed by atoms with Crippen LogP contribution in [0.1, 0.15) is 11.1 Å². The van der Waals surface area contributed by atoms with Crippen LogP contribution in [-0.4, -0.2) is 23.6 Å². The second kappa shape index (κ2) is 6.65. The van der Waals surface area contributed by atoms with Crippen LogP contribution in [0.3, 0.4) is 0 Å². The van der Waals surface area contributed by atoms with E-state index in [0.717, 1.165) is 0 Å².